The van der Waals surface area contributed by atoms with Gasteiger partial charge in [0.2, 0.25) is 0 Å². The van der Waals surface area contributed by atoms with E-state index in [0.717, 1.165) is 25.6 Å². The molecule has 0 aliphatic carbocycles. The van der Waals surface area contributed by atoms with E-state index in [0.29, 0.717) is 0 Å². The minimum atomic E-state index is 0.895. The fraction of sp³-hybridized carbons (Fsp3) is 1.00. The van der Waals surface area contributed by atoms with E-state index in [4.69, 9.17) is 0 Å². The Labute approximate surface area is 96.2 Å². The second-order valence-corrected chi connectivity index (χ2v) is 4.40. The van der Waals surface area contributed by atoms with Crippen LogP contribution < -0.4 is 10.6 Å². The highest BCUT2D eigenvalue weighted by atomic mass is 14.9. The van der Waals surface area contributed by atoms with Crippen LogP contribution in [0.25, 0.3) is 0 Å². The molecule has 0 unspecified atom stereocenters. The third-order valence-corrected chi connectivity index (χ3v) is 2.73. The van der Waals surface area contributed by atoms with Crippen molar-refractivity contribution in [2.45, 2.75) is 52.9 Å². The van der Waals surface area contributed by atoms with Crippen LogP contribution in [0.4, 0.5) is 0 Å². The maximum absolute atomic E-state index is 3.55. The van der Waals surface area contributed by atoms with Crippen molar-refractivity contribution in [1.29, 1.82) is 0 Å². The lowest BCUT2D eigenvalue weighted by molar-refractivity contribution is 0.409. The molecule has 0 atom stereocenters. The van der Waals surface area contributed by atoms with Crippen LogP contribution in [0.3, 0.4) is 0 Å². The molecule has 0 fully saturated rings. The second-order valence-electron chi connectivity index (χ2n) is 4.40. The molecule has 92 valence electrons. The molecule has 0 aliphatic heterocycles. The third kappa shape index (κ3) is 10.2. The summed E-state index contributed by atoms with van der Waals surface area (Å²) in [6.07, 6.45) is 6.63. The molecule has 2 N–H and O–H groups in total. The Bertz CT molecular complexity index is 109. The van der Waals surface area contributed by atoms with Crippen LogP contribution in [0.1, 0.15) is 52.9 Å². The Morgan fingerprint density at radius 2 is 1.33 bits per heavy atom. The van der Waals surface area contributed by atoms with E-state index >= 15 is 0 Å². The molecule has 0 bridgehead atoms. The van der Waals surface area contributed by atoms with E-state index in [-0.39, 0.29) is 0 Å². The van der Waals surface area contributed by atoms with Crippen molar-refractivity contribution in [2.24, 2.45) is 5.92 Å². The molecule has 2 heteroatoms. The van der Waals surface area contributed by atoms with Gasteiger partial charge in [-0.2, -0.15) is 0 Å². The molecule has 0 heterocycles. The SMILES string of the molecule is CCCNCCNCC(CCC)CCC. The summed E-state index contributed by atoms with van der Waals surface area (Å²) in [4.78, 5) is 0. The number of rotatable bonds is 11. The average molecular weight is 214 g/mol. The lowest BCUT2D eigenvalue weighted by Gasteiger charge is -2.16. The van der Waals surface area contributed by atoms with Gasteiger partial charge < -0.3 is 10.6 Å². The summed E-state index contributed by atoms with van der Waals surface area (Å²) in [6, 6.07) is 0. The summed E-state index contributed by atoms with van der Waals surface area (Å²) < 4.78 is 0. The Balaban J connectivity index is 3.28. The first-order valence-corrected chi connectivity index (χ1v) is 6.76. The monoisotopic (exact) mass is 214 g/mol. The summed E-state index contributed by atoms with van der Waals surface area (Å²) in [7, 11) is 0. The first kappa shape index (κ1) is 14.9. The van der Waals surface area contributed by atoms with Gasteiger partial charge in [-0.1, -0.05) is 33.6 Å². The third-order valence-electron chi connectivity index (χ3n) is 2.73. The van der Waals surface area contributed by atoms with Gasteiger partial charge >= 0.3 is 0 Å². The van der Waals surface area contributed by atoms with Gasteiger partial charge in [0.1, 0.15) is 0 Å². The van der Waals surface area contributed by atoms with E-state index in [2.05, 4.69) is 31.4 Å². The fourth-order valence-electron chi connectivity index (χ4n) is 1.95. The Kier molecular flexibility index (Phi) is 11.9. The van der Waals surface area contributed by atoms with Crippen LogP contribution in [-0.2, 0) is 0 Å². The zero-order valence-corrected chi connectivity index (χ0v) is 10.9. The zero-order chi connectivity index (χ0) is 11.4. The van der Waals surface area contributed by atoms with Crippen molar-refractivity contribution in [3.8, 4) is 0 Å². The predicted molar refractivity (Wildman–Crippen MR) is 69.3 cm³/mol. The van der Waals surface area contributed by atoms with Crippen LogP contribution in [0.5, 0.6) is 0 Å². The first-order chi connectivity index (χ1) is 7.35. The van der Waals surface area contributed by atoms with Gasteiger partial charge in [-0.15, -0.1) is 0 Å². The quantitative estimate of drug-likeness (QED) is 0.517. The molecule has 0 aromatic heterocycles. The van der Waals surface area contributed by atoms with E-state index in [1.54, 1.807) is 0 Å². The maximum atomic E-state index is 3.55. The first-order valence-electron chi connectivity index (χ1n) is 6.76. The molecule has 15 heavy (non-hydrogen) atoms. The van der Waals surface area contributed by atoms with Crippen molar-refractivity contribution >= 4 is 0 Å². The van der Waals surface area contributed by atoms with Crippen LogP contribution in [0.2, 0.25) is 0 Å². The predicted octanol–water partition coefficient (Wildman–Crippen LogP) is 2.79. The molecule has 0 amide bonds. The normalized spacial score (nSPS) is 11.2. The molecule has 0 saturated heterocycles. The van der Waals surface area contributed by atoms with Crippen LogP contribution in [-0.4, -0.2) is 26.2 Å². The van der Waals surface area contributed by atoms with E-state index in [1.165, 1.54) is 38.6 Å². The molecule has 0 aliphatic rings. The number of nitrogens with one attached hydrogen (secondary N) is 2. The average Bonchev–Trinajstić information content (AvgIpc) is 2.24. The lowest BCUT2D eigenvalue weighted by Crippen LogP contribution is -2.31. The molecule has 0 saturated carbocycles. The summed E-state index contributed by atoms with van der Waals surface area (Å²) in [5.41, 5.74) is 0. The molecule has 0 rings (SSSR count). The highest BCUT2D eigenvalue weighted by molar-refractivity contribution is 4.62. The highest BCUT2D eigenvalue weighted by Crippen LogP contribution is 2.11. The van der Waals surface area contributed by atoms with Crippen molar-refractivity contribution in [1.82, 2.24) is 10.6 Å². The molecule has 0 radical (unpaired) electrons. The lowest BCUT2D eigenvalue weighted by atomic mass is 9.98. The van der Waals surface area contributed by atoms with Crippen LogP contribution >= 0.6 is 0 Å². The largest absolute Gasteiger partial charge is 0.315 e. The van der Waals surface area contributed by atoms with Gasteiger partial charge in [0, 0.05) is 13.1 Å². The van der Waals surface area contributed by atoms with Gasteiger partial charge in [0.25, 0.3) is 0 Å². The van der Waals surface area contributed by atoms with Gasteiger partial charge in [-0.25, -0.2) is 0 Å². The van der Waals surface area contributed by atoms with E-state index in [1.807, 2.05) is 0 Å². The smallest absolute Gasteiger partial charge is 0.00768 e. The molecular formula is C13H30N2. The standard InChI is InChI=1S/C13H30N2/c1-4-7-13(8-5-2)12-15-11-10-14-9-6-3/h13-15H,4-12H2,1-3H3. The van der Waals surface area contributed by atoms with Crippen LogP contribution in [0, 0.1) is 5.92 Å². The molecule has 0 aromatic carbocycles. The Morgan fingerprint density at radius 3 is 1.87 bits per heavy atom. The highest BCUT2D eigenvalue weighted by Gasteiger charge is 2.05. The zero-order valence-electron chi connectivity index (χ0n) is 10.9. The van der Waals surface area contributed by atoms with E-state index in [9.17, 15) is 0 Å². The summed E-state index contributed by atoms with van der Waals surface area (Å²) in [5.74, 6) is 0.895. The topological polar surface area (TPSA) is 24.1 Å². The van der Waals surface area contributed by atoms with Crippen molar-refractivity contribution in [3.05, 3.63) is 0 Å². The molecule has 2 nitrogen and oxygen atoms in total. The molecule has 0 spiro atoms. The maximum Gasteiger partial charge on any atom is 0.00768 e. The van der Waals surface area contributed by atoms with Gasteiger partial charge in [0.05, 0.1) is 0 Å². The summed E-state index contributed by atoms with van der Waals surface area (Å²) >= 11 is 0. The minimum Gasteiger partial charge on any atom is -0.315 e. The fourth-order valence-corrected chi connectivity index (χ4v) is 1.95. The second kappa shape index (κ2) is 12.0. The Hall–Kier alpha value is -0.0800. The minimum absolute atomic E-state index is 0.895. The van der Waals surface area contributed by atoms with E-state index < -0.39 is 0 Å². The van der Waals surface area contributed by atoms with Crippen LogP contribution in [0.15, 0.2) is 0 Å². The van der Waals surface area contributed by atoms with Gasteiger partial charge in [-0.05, 0) is 38.3 Å². The number of hydrogen-bond acceptors (Lipinski definition) is 2. The van der Waals surface area contributed by atoms with Crippen molar-refractivity contribution in [2.75, 3.05) is 26.2 Å². The number of hydrogen-bond donors (Lipinski definition) is 2. The Morgan fingerprint density at radius 1 is 0.733 bits per heavy atom. The van der Waals surface area contributed by atoms with Gasteiger partial charge in [-0.3, -0.25) is 0 Å². The van der Waals surface area contributed by atoms with Crippen molar-refractivity contribution in [3.63, 3.8) is 0 Å². The van der Waals surface area contributed by atoms with Crippen molar-refractivity contribution < 1.29 is 0 Å². The summed E-state index contributed by atoms with van der Waals surface area (Å²) in [6.45, 7) is 11.4. The molecular weight excluding hydrogens is 184 g/mol. The van der Waals surface area contributed by atoms with Gasteiger partial charge in [0.15, 0.2) is 0 Å². The summed E-state index contributed by atoms with van der Waals surface area (Å²) in [5, 5.41) is 6.96. The molecule has 0 aromatic rings.